The van der Waals surface area contributed by atoms with Crippen molar-refractivity contribution in [3.63, 3.8) is 0 Å². The lowest BCUT2D eigenvalue weighted by atomic mass is 10.1. The van der Waals surface area contributed by atoms with E-state index in [1.165, 1.54) is 16.7 Å². The van der Waals surface area contributed by atoms with Crippen molar-refractivity contribution in [2.24, 2.45) is 0 Å². The second kappa shape index (κ2) is 9.02. The number of halogens is 1. The third-order valence-electron chi connectivity index (χ3n) is 6.29. The van der Waals surface area contributed by atoms with Crippen molar-refractivity contribution in [2.75, 3.05) is 37.7 Å². The topological polar surface area (TPSA) is 78.6 Å². The molecule has 8 heteroatoms. The fourth-order valence-corrected chi connectivity index (χ4v) is 4.62. The molecule has 0 radical (unpaired) electrons. The molecule has 0 spiro atoms. The van der Waals surface area contributed by atoms with E-state index in [-0.39, 0.29) is 18.0 Å². The predicted octanol–water partition coefficient (Wildman–Crippen LogP) is 3.01. The fraction of sp³-hybridized carbons (Fsp3) is 0.269. The van der Waals surface area contributed by atoms with Crippen LogP contribution in [0.2, 0.25) is 0 Å². The van der Waals surface area contributed by atoms with Gasteiger partial charge < -0.3 is 19.1 Å². The summed E-state index contributed by atoms with van der Waals surface area (Å²) >= 11 is 0. The molecule has 1 aromatic heterocycles. The van der Waals surface area contributed by atoms with Crippen molar-refractivity contribution in [3.8, 4) is 6.07 Å². The Balaban J connectivity index is 1.53. The van der Waals surface area contributed by atoms with Crippen LogP contribution in [-0.2, 0) is 16.1 Å². The number of nitriles is 1. The molecule has 3 aromatic rings. The number of aromatic nitrogens is 1. The van der Waals surface area contributed by atoms with Crippen molar-refractivity contribution in [3.05, 3.63) is 87.7 Å². The number of rotatable bonds is 4. The molecular weight excluding hydrogens is 435 g/mol. The molecule has 2 aliphatic heterocycles. The molecule has 0 saturated carbocycles. The molecule has 2 aliphatic rings. The van der Waals surface area contributed by atoms with Gasteiger partial charge in [0.25, 0.3) is 11.5 Å². The summed E-state index contributed by atoms with van der Waals surface area (Å²) in [6, 6.07) is 15.8. The van der Waals surface area contributed by atoms with Crippen LogP contribution in [0, 0.1) is 17.1 Å². The summed E-state index contributed by atoms with van der Waals surface area (Å²) in [7, 11) is 0. The van der Waals surface area contributed by atoms with Gasteiger partial charge in [-0.05, 0) is 29.8 Å². The quantitative estimate of drug-likeness (QED) is 0.601. The first-order valence-corrected chi connectivity index (χ1v) is 11.2. The van der Waals surface area contributed by atoms with Gasteiger partial charge in [0.2, 0.25) is 0 Å². The molecule has 34 heavy (non-hydrogen) atoms. The van der Waals surface area contributed by atoms with Crippen molar-refractivity contribution in [1.82, 2.24) is 9.47 Å². The van der Waals surface area contributed by atoms with E-state index in [0.29, 0.717) is 55.1 Å². The summed E-state index contributed by atoms with van der Waals surface area (Å²) in [5.74, 6) is -0.212. The first-order valence-electron chi connectivity index (χ1n) is 11.2. The van der Waals surface area contributed by atoms with Gasteiger partial charge in [-0.1, -0.05) is 30.3 Å². The molecule has 0 aliphatic carbocycles. The Morgan fingerprint density at radius 2 is 1.85 bits per heavy atom. The van der Waals surface area contributed by atoms with Crippen molar-refractivity contribution < 1.29 is 13.9 Å². The molecule has 2 aromatic carbocycles. The van der Waals surface area contributed by atoms with Crippen molar-refractivity contribution in [2.45, 2.75) is 13.0 Å². The minimum atomic E-state index is -0.443. The fourth-order valence-electron chi connectivity index (χ4n) is 4.62. The number of pyridine rings is 1. The van der Waals surface area contributed by atoms with Gasteiger partial charge in [-0.2, -0.15) is 5.26 Å². The molecule has 0 unspecified atom stereocenters. The average Bonchev–Trinajstić information content (AvgIpc) is 3.41. The molecular formula is C26H23FN4O3. The zero-order valence-corrected chi connectivity index (χ0v) is 18.5. The number of fused-ring (bicyclic) bond motifs is 1. The van der Waals surface area contributed by atoms with Gasteiger partial charge in [0.05, 0.1) is 24.4 Å². The maximum absolute atomic E-state index is 14.4. The van der Waals surface area contributed by atoms with Gasteiger partial charge >= 0.3 is 0 Å². The molecule has 5 rings (SSSR count). The van der Waals surface area contributed by atoms with Gasteiger partial charge in [-0.3, -0.25) is 9.59 Å². The largest absolute Gasteiger partial charge is 0.488 e. The maximum Gasteiger partial charge on any atom is 0.288 e. The number of carbonyl (C=O) groups is 1. The molecule has 1 fully saturated rings. The van der Waals surface area contributed by atoms with Crippen LogP contribution in [0.4, 0.5) is 10.1 Å². The highest BCUT2D eigenvalue weighted by molar-refractivity contribution is 5.95. The van der Waals surface area contributed by atoms with Crippen molar-refractivity contribution >= 4 is 22.5 Å². The monoisotopic (exact) mass is 458 g/mol. The Kier molecular flexibility index (Phi) is 5.76. The molecule has 0 N–H and O–H groups in total. The second-order valence-electron chi connectivity index (χ2n) is 8.36. The Bertz CT molecular complexity index is 1380. The lowest BCUT2D eigenvalue weighted by Gasteiger charge is -2.37. The first-order chi connectivity index (χ1) is 16.6. The Morgan fingerprint density at radius 1 is 1.09 bits per heavy atom. The third kappa shape index (κ3) is 3.90. The number of benzene rings is 2. The predicted molar refractivity (Wildman–Crippen MR) is 126 cm³/mol. The number of amides is 1. The van der Waals surface area contributed by atoms with E-state index in [2.05, 4.69) is 6.07 Å². The number of hydrogen-bond acceptors (Lipinski definition) is 5. The van der Waals surface area contributed by atoms with E-state index in [0.717, 1.165) is 12.0 Å². The highest BCUT2D eigenvalue weighted by Gasteiger charge is 2.29. The van der Waals surface area contributed by atoms with Crippen LogP contribution in [0.25, 0.3) is 10.9 Å². The summed E-state index contributed by atoms with van der Waals surface area (Å²) in [5, 5.41) is 10.5. The molecule has 3 heterocycles. The van der Waals surface area contributed by atoms with Gasteiger partial charge in [0.1, 0.15) is 17.4 Å². The van der Waals surface area contributed by atoms with Crippen LogP contribution in [-0.4, -0.2) is 48.2 Å². The first kappa shape index (κ1) is 21.7. The smallest absolute Gasteiger partial charge is 0.288 e. The van der Waals surface area contributed by atoms with Gasteiger partial charge in [0, 0.05) is 38.0 Å². The van der Waals surface area contributed by atoms with Gasteiger partial charge in [-0.15, -0.1) is 0 Å². The van der Waals surface area contributed by atoms with Crippen LogP contribution in [0.5, 0.6) is 0 Å². The van der Waals surface area contributed by atoms with Crippen LogP contribution in [0.15, 0.2) is 65.2 Å². The van der Waals surface area contributed by atoms with Crippen LogP contribution in [0.3, 0.4) is 0 Å². The summed E-state index contributed by atoms with van der Waals surface area (Å²) in [5.41, 5.74) is 1.46. The Morgan fingerprint density at radius 3 is 2.53 bits per heavy atom. The molecule has 172 valence electrons. The van der Waals surface area contributed by atoms with Gasteiger partial charge in [0.15, 0.2) is 5.76 Å². The average molecular weight is 458 g/mol. The SMILES string of the molecule is N#Cc1c(N2CCN(C(=O)C3=CCCO3)CC2)c2cc(F)ccc2n(Cc2ccccc2)c1=O. The standard InChI is InChI=1S/C26H23FN4O3/c27-19-8-9-22-20(15-19)24(21(16-28)25(32)31(22)17-18-5-2-1-3-6-18)29-10-12-30(13-11-29)26(33)23-7-4-14-34-23/h1-3,5-9,15H,4,10-14,17H2. The molecule has 1 saturated heterocycles. The number of anilines is 1. The highest BCUT2D eigenvalue weighted by Crippen LogP contribution is 2.31. The summed E-state index contributed by atoms with van der Waals surface area (Å²) < 4.78 is 21.3. The zero-order valence-electron chi connectivity index (χ0n) is 18.5. The second-order valence-corrected chi connectivity index (χ2v) is 8.36. The lowest BCUT2D eigenvalue weighted by Crippen LogP contribution is -2.50. The van der Waals surface area contributed by atoms with E-state index < -0.39 is 11.4 Å². The Hall–Kier alpha value is -4.12. The van der Waals surface area contributed by atoms with E-state index in [1.54, 1.807) is 17.0 Å². The molecule has 0 atom stereocenters. The lowest BCUT2D eigenvalue weighted by molar-refractivity contribution is -0.130. The summed E-state index contributed by atoms with van der Waals surface area (Å²) in [6.07, 6.45) is 2.52. The maximum atomic E-state index is 14.4. The van der Waals surface area contributed by atoms with Crippen molar-refractivity contribution in [1.29, 1.82) is 5.26 Å². The minimum absolute atomic E-state index is 0.0179. The van der Waals surface area contributed by atoms with Crippen LogP contribution in [0.1, 0.15) is 17.5 Å². The number of ether oxygens (including phenoxy) is 1. The number of hydrogen-bond donors (Lipinski definition) is 0. The molecule has 0 bridgehead atoms. The summed E-state index contributed by atoms with van der Waals surface area (Å²) in [6.45, 7) is 2.45. The Labute approximate surface area is 195 Å². The number of carbonyl (C=O) groups excluding carboxylic acids is 1. The van der Waals surface area contributed by atoms with E-state index in [9.17, 15) is 19.2 Å². The van der Waals surface area contributed by atoms with Gasteiger partial charge in [-0.25, -0.2) is 4.39 Å². The summed E-state index contributed by atoms with van der Waals surface area (Å²) in [4.78, 5) is 29.7. The number of nitrogens with zero attached hydrogens (tertiary/aromatic N) is 4. The third-order valence-corrected chi connectivity index (χ3v) is 6.29. The van der Waals surface area contributed by atoms with E-state index in [1.807, 2.05) is 35.2 Å². The zero-order chi connectivity index (χ0) is 23.7. The number of piperazine rings is 1. The van der Waals surface area contributed by atoms with E-state index in [4.69, 9.17) is 4.74 Å². The molecule has 7 nitrogen and oxygen atoms in total. The van der Waals surface area contributed by atoms with Crippen LogP contribution >= 0.6 is 0 Å². The van der Waals surface area contributed by atoms with Crippen LogP contribution < -0.4 is 10.5 Å². The minimum Gasteiger partial charge on any atom is -0.488 e. The van der Waals surface area contributed by atoms with E-state index >= 15 is 0 Å². The highest BCUT2D eigenvalue weighted by atomic mass is 19.1. The molecule has 1 amide bonds. The normalized spacial score (nSPS) is 15.7.